The standard InChI is InChI=1S/C17H16N6O3/c1-18-16(24)12-8-11(15-20-21-22-23(15)2)9-13(10-12)19-17(25)26-14-6-4-3-5-7-14/h3-10H,1-2H3,(H,18,24)(H,19,25). The predicted octanol–water partition coefficient (Wildman–Crippen LogP) is 1.85. The number of anilines is 1. The number of para-hydroxylation sites is 1. The first kappa shape index (κ1) is 17.1. The number of aryl methyl sites for hydroxylation is 1. The van der Waals surface area contributed by atoms with Gasteiger partial charge in [-0.25, -0.2) is 9.48 Å². The van der Waals surface area contributed by atoms with Crippen LogP contribution < -0.4 is 15.4 Å². The first-order chi connectivity index (χ1) is 12.6. The molecular formula is C17H16N6O3. The minimum Gasteiger partial charge on any atom is -0.410 e. The number of hydrogen-bond donors (Lipinski definition) is 2. The van der Waals surface area contributed by atoms with Gasteiger partial charge in [0.15, 0.2) is 5.82 Å². The molecule has 2 amide bonds. The van der Waals surface area contributed by atoms with Crippen molar-refractivity contribution < 1.29 is 14.3 Å². The van der Waals surface area contributed by atoms with E-state index in [1.54, 1.807) is 49.5 Å². The quantitative estimate of drug-likeness (QED) is 0.741. The van der Waals surface area contributed by atoms with Crippen molar-refractivity contribution in [2.24, 2.45) is 7.05 Å². The van der Waals surface area contributed by atoms with Crippen LogP contribution in [0.5, 0.6) is 5.75 Å². The molecule has 0 bridgehead atoms. The lowest BCUT2D eigenvalue weighted by Gasteiger charge is -2.10. The third kappa shape index (κ3) is 3.83. The third-order valence-corrected chi connectivity index (χ3v) is 3.50. The highest BCUT2D eigenvalue weighted by molar-refractivity contribution is 5.97. The molecule has 0 saturated carbocycles. The zero-order valence-electron chi connectivity index (χ0n) is 14.1. The number of aromatic nitrogens is 4. The number of tetrazole rings is 1. The average Bonchev–Trinajstić information content (AvgIpc) is 3.07. The Hall–Kier alpha value is -3.75. The van der Waals surface area contributed by atoms with Gasteiger partial charge in [-0.05, 0) is 40.8 Å². The largest absolute Gasteiger partial charge is 0.417 e. The minimum atomic E-state index is -0.674. The summed E-state index contributed by atoms with van der Waals surface area (Å²) in [5.74, 6) is 0.557. The van der Waals surface area contributed by atoms with Crippen LogP contribution in [0, 0.1) is 0 Å². The molecular weight excluding hydrogens is 336 g/mol. The molecule has 132 valence electrons. The van der Waals surface area contributed by atoms with Gasteiger partial charge in [-0.3, -0.25) is 10.1 Å². The molecule has 2 N–H and O–H groups in total. The summed E-state index contributed by atoms with van der Waals surface area (Å²) in [5, 5.41) is 16.5. The van der Waals surface area contributed by atoms with E-state index in [4.69, 9.17) is 4.74 Å². The summed E-state index contributed by atoms with van der Waals surface area (Å²) in [5.41, 5.74) is 1.31. The maximum atomic E-state index is 12.1. The first-order valence-electron chi connectivity index (χ1n) is 7.70. The molecule has 0 aliphatic rings. The summed E-state index contributed by atoms with van der Waals surface area (Å²) in [7, 11) is 3.20. The summed E-state index contributed by atoms with van der Waals surface area (Å²) >= 11 is 0. The molecule has 26 heavy (non-hydrogen) atoms. The van der Waals surface area contributed by atoms with Gasteiger partial charge in [-0.15, -0.1) is 5.10 Å². The van der Waals surface area contributed by atoms with Crippen LogP contribution in [0.2, 0.25) is 0 Å². The lowest BCUT2D eigenvalue weighted by molar-refractivity contribution is 0.0963. The molecule has 1 aromatic heterocycles. The number of rotatable bonds is 4. The molecule has 3 rings (SSSR count). The highest BCUT2D eigenvalue weighted by Crippen LogP contribution is 2.23. The molecule has 0 saturated heterocycles. The van der Waals surface area contributed by atoms with Crippen LogP contribution in [0.15, 0.2) is 48.5 Å². The number of carbonyl (C=O) groups is 2. The highest BCUT2D eigenvalue weighted by Gasteiger charge is 2.14. The summed E-state index contributed by atoms with van der Waals surface area (Å²) in [4.78, 5) is 24.2. The summed E-state index contributed by atoms with van der Waals surface area (Å²) in [6.07, 6.45) is -0.674. The van der Waals surface area contributed by atoms with Gasteiger partial charge >= 0.3 is 6.09 Å². The van der Waals surface area contributed by atoms with Crippen molar-refractivity contribution in [3.8, 4) is 17.1 Å². The Morgan fingerprint density at radius 3 is 2.54 bits per heavy atom. The molecule has 9 heteroatoms. The zero-order valence-corrected chi connectivity index (χ0v) is 14.1. The summed E-state index contributed by atoms with van der Waals surface area (Å²) < 4.78 is 6.67. The van der Waals surface area contributed by atoms with Gasteiger partial charge in [-0.1, -0.05) is 18.2 Å². The Labute approximate surface area is 149 Å². The van der Waals surface area contributed by atoms with Gasteiger partial charge in [0, 0.05) is 30.9 Å². The van der Waals surface area contributed by atoms with Crippen LogP contribution in [0.1, 0.15) is 10.4 Å². The van der Waals surface area contributed by atoms with E-state index in [1.165, 1.54) is 11.7 Å². The van der Waals surface area contributed by atoms with Crippen LogP contribution in [0.4, 0.5) is 10.5 Å². The van der Waals surface area contributed by atoms with E-state index < -0.39 is 6.09 Å². The van der Waals surface area contributed by atoms with Gasteiger partial charge < -0.3 is 10.1 Å². The molecule has 9 nitrogen and oxygen atoms in total. The van der Waals surface area contributed by atoms with E-state index in [0.717, 1.165) is 0 Å². The lowest BCUT2D eigenvalue weighted by atomic mass is 10.1. The maximum Gasteiger partial charge on any atom is 0.417 e. The van der Waals surface area contributed by atoms with Crippen molar-refractivity contribution in [3.63, 3.8) is 0 Å². The number of nitrogens with zero attached hydrogens (tertiary/aromatic N) is 4. The van der Waals surface area contributed by atoms with E-state index >= 15 is 0 Å². The monoisotopic (exact) mass is 352 g/mol. The summed E-state index contributed by atoms with van der Waals surface area (Å²) in [6, 6.07) is 13.5. The Bertz CT molecular complexity index is 939. The number of hydrogen-bond acceptors (Lipinski definition) is 6. The second kappa shape index (κ2) is 7.43. The molecule has 3 aromatic rings. The van der Waals surface area contributed by atoms with Crippen molar-refractivity contribution >= 4 is 17.7 Å². The lowest BCUT2D eigenvalue weighted by Crippen LogP contribution is -2.20. The fourth-order valence-corrected chi connectivity index (χ4v) is 2.32. The van der Waals surface area contributed by atoms with Crippen LogP contribution in [0.3, 0.4) is 0 Å². The van der Waals surface area contributed by atoms with Crippen molar-refractivity contribution in [1.82, 2.24) is 25.5 Å². The SMILES string of the molecule is CNC(=O)c1cc(NC(=O)Oc2ccccc2)cc(-c2nnnn2C)c1. The third-order valence-electron chi connectivity index (χ3n) is 3.50. The number of benzene rings is 2. The molecule has 1 heterocycles. The van der Waals surface area contributed by atoms with Gasteiger partial charge in [0.25, 0.3) is 5.91 Å². The van der Waals surface area contributed by atoms with E-state index in [1.807, 2.05) is 6.07 Å². The Balaban J connectivity index is 1.89. The number of nitrogens with one attached hydrogen (secondary N) is 2. The molecule has 0 unspecified atom stereocenters. The molecule has 2 aromatic carbocycles. The van der Waals surface area contributed by atoms with Crippen molar-refractivity contribution in [3.05, 3.63) is 54.1 Å². The Morgan fingerprint density at radius 2 is 1.88 bits per heavy atom. The maximum absolute atomic E-state index is 12.1. The van der Waals surface area contributed by atoms with E-state index in [2.05, 4.69) is 26.2 Å². The molecule has 0 aliphatic heterocycles. The minimum absolute atomic E-state index is 0.304. The van der Waals surface area contributed by atoms with Crippen LogP contribution in [-0.4, -0.2) is 39.3 Å². The second-order valence-electron chi connectivity index (χ2n) is 5.33. The van der Waals surface area contributed by atoms with Crippen molar-refractivity contribution in [2.45, 2.75) is 0 Å². The van der Waals surface area contributed by atoms with Gasteiger partial charge in [0.1, 0.15) is 5.75 Å². The number of carbonyl (C=O) groups excluding carboxylic acids is 2. The fourth-order valence-electron chi connectivity index (χ4n) is 2.32. The number of ether oxygens (including phenoxy) is 1. The Kier molecular flexibility index (Phi) is 4.88. The van der Waals surface area contributed by atoms with Gasteiger partial charge in [-0.2, -0.15) is 0 Å². The molecule has 0 aliphatic carbocycles. The fraction of sp³-hybridized carbons (Fsp3) is 0.118. The molecule has 0 spiro atoms. The van der Waals surface area contributed by atoms with E-state index in [9.17, 15) is 9.59 Å². The molecule has 0 fully saturated rings. The second-order valence-corrected chi connectivity index (χ2v) is 5.33. The van der Waals surface area contributed by atoms with Gasteiger partial charge in [0.05, 0.1) is 0 Å². The van der Waals surface area contributed by atoms with Gasteiger partial charge in [0.2, 0.25) is 0 Å². The first-order valence-corrected chi connectivity index (χ1v) is 7.70. The smallest absolute Gasteiger partial charge is 0.410 e. The molecule has 0 atom stereocenters. The van der Waals surface area contributed by atoms with E-state index in [-0.39, 0.29) is 5.91 Å². The van der Waals surface area contributed by atoms with Crippen molar-refractivity contribution in [1.29, 1.82) is 0 Å². The number of amides is 2. The highest BCUT2D eigenvalue weighted by atomic mass is 16.6. The summed E-state index contributed by atoms with van der Waals surface area (Å²) in [6.45, 7) is 0. The Morgan fingerprint density at radius 1 is 1.12 bits per heavy atom. The zero-order chi connectivity index (χ0) is 18.5. The van der Waals surface area contributed by atoms with Crippen molar-refractivity contribution in [2.75, 3.05) is 12.4 Å². The predicted molar refractivity (Wildman–Crippen MR) is 93.7 cm³/mol. The normalized spacial score (nSPS) is 10.2. The van der Waals surface area contributed by atoms with E-state index in [0.29, 0.717) is 28.4 Å². The van der Waals surface area contributed by atoms with Crippen LogP contribution in [-0.2, 0) is 7.05 Å². The molecule has 0 radical (unpaired) electrons. The topological polar surface area (TPSA) is 111 Å². The van der Waals surface area contributed by atoms with Crippen LogP contribution in [0.25, 0.3) is 11.4 Å². The average molecular weight is 352 g/mol. The van der Waals surface area contributed by atoms with Crippen LogP contribution >= 0.6 is 0 Å².